The predicted octanol–water partition coefficient (Wildman–Crippen LogP) is 2.04. The molecule has 2 fully saturated rings. The van der Waals surface area contributed by atoms with E-state index >= 15 is 0 Å². The highest BCUT2D eigenvalue weighted by Crippen LogP contribution is 2.41. The number of hydrogen-bond acceptors (Lipinski definition) is 4. The average molecular weight is 282 g/mol. The normalized spacial score (nSPS) is 27.4. The predicted molar refractivity (Wildman–Crippen MR) is 80.6 cm³/mol. The quantitative estimate of drug-likeness (QED) is 0.757. The maximum atomic E-state index is 12.5. The second kappa shape index (κ2) is 6.44. The highest BCUT2D eigenvalue weighted by molar-refractivity contribution is 5.82. The third-order valence-corrected chi connectivity index (χ3v) is 4.58. The molecule has 2 atom stereocenters. The van der Waals surface area contributed by atoms with E-state index in [1.165, 1.54) is 20.0 Å². The van der Waals surface area contributed by atoms with Gasteiger partial charge in [-0.25, -0.2) is 4.79 Å². The molecule has 0 aromatic carbocycles. The molecule has 4 nitrogen and oxygen atoms in total. The van der Waals surface area contributed by atoms with Gasteiger partial charge in [-0.15, -0.1) is 0 Å². The van der Waals surface area contributed by atoms with E-state index in [-0.39, 0.29) is 12.0 Å². The summed E-state index contributed by atoms with van der Waals surface area (Å²) < 4.78 is 5.16. The Kier molecular flexibility index (Phi) is 5.08. The van der Waals surface area contributed by atoms with Crippen LogP contribution in [0.4, 0.5) is 0 Å². The third-order valence-electron chi connectivity index (χ3n) is 4.58. The molecule has 116 valence electrons. The van der Waals surface area contributed by atoms with Crippen LogP contribution in [0.15, 0.2) is 0 Å². The first-order valence-electron chi connectivity index (χ1n) is 8.06. The summed E-state index contributed by atoms with van der Waals surface area (Å²) in [5, 5.41) is 3.55. The van der Waals surface area contributed by atoms with Crippen LogP contribution in [0.1, 0.15) is 46.5 Å². The van der Waals surface area contributed by atoms with Crippen molar-refractivity contribution in [3.8, 4) is 0 Å². The fourth-order valence-corrected chi connectivity index (χ4v) is 3.64. The monoisotopic (exact) mass is 282 g/mol. The minimum Gasteiger partial charge on any atom is -0.468 e. The maximum Gasteiger partial charge on any atom is 0.327 e. The van der Waals surface area contributed by atoms with Gasteiger partial charge < -0.3 is 9.64 Å². The number of nitrogens with zero attached hydrogens (tertiary/aromatic N) is 1. The van der Waals surface area contributed by atoms with Gasteiger partial charge in [0, 0.05) is 19.1 Å². The van der Waals surface area contributed by atoms with E-state index in [9.17, 15) is 4.79 Å². The summed E-state index contributed by atoms with van der Waals surface area (Å²) in [6.07, 6.45) is 4.82. The smallest absolute Gasteiger partial charge is 0.327 e. The van der Waals surface area contributed by atoms with Crippen LogP contribution >= 0.6 is 0 Å². The molecule has 0 bridgehead atoms. The number of likely N-dealkylation sites (tertiary alicyclic amines) is 1. The van der Waals surface area contributed by atoms with Crippen molar-refractivity contribution in [2.75, 3.05) is 26.7 Å². The Morgan fingerprint density at radius 3 is 2.60 bits per heavy atom. The number of hydrogen-bond donors (Lipinski definition) is 1. The largest absolute Gasteiger partial charge is 0.468 e. The number of piperidine rings is 1. The molecule has 1 saturated carbocycles. The molecule has 2 rings (SSSR count). The first kappa shape index (κ1) is 15.8. The van der Waals surface area contributed by atoms with Crippen LogP contribution in [0.2, 0.25) is 0 Å². The van der Waals surface area contributed by atoms with Gasteiger partial charge in [0.1, 0.15) is 5.54 Å². The maximum absolute atomic E-state index is 12.5. The zero-order chi connectivity index (χ0) is 14.8. The van der Waals surface area contributed by atoms with Crippen LogP contribution in [0, 0.1) is 11.8 Å². The van der Waals surface area contributed by atoms with Crippen LogP contribution in [0.25, 0.3) is 0 Å². The Morgan fingerprint density at radius 1 is 1.40 bits per heavy atom. The minimum atomic E-state index is -0.500. The Hall–Kier alpha value is -0.610. The minimum absolute atomic E-state index is 0.0769. The molecule has 1 saturated heterocycles. The van der Waals surface area contributed by atoms with Gasteiger partial charge in [0.2, 0.25) is 0 Å². The van der Waals surface area contributed by atoms with E-state index in [4.69, 9.17) is 4.74 Å². The molecule has 1 aliphatic heterocycles. The molecular formula is C16H30N2O2. The first-order valence-corrected chi connectivity index (χ1v) is 8.06. The third kappa shape index (κ3) is 3.53. The zero-order valence-electron chi connectivity index (χ0n) is 13.4. The highest BCUT2D eigenvalue weighted by Gasteiger charge is 2.53. The summed E-state index contributed by atoms with van der Waals surface area (Å²) in [5.74, 6) is 1.10. The fraction of sp³-hybridized carbons (Fsp3) is 0.938. The van der Waals surface area contributed by atoms with Gasteiger partial charge in [0.15, 0.2) is 0 Å². The lowest BCUT2D eigenvalue weighted by Gasteiger charge is -2.41. The van der Waals surface area contributed by atoms with Gasteiger partial charge in [-0.05, 0) is 57.9 Å². The summed E-state index contributed by atoms with van der Waals surface area (Å²) in [5.41, 5.74) is -0.500. The van der Waals surface area contributed by atoms with Crippen LogP contribution in [-0.2, 0) is 9.53 Å². The van der Waals surface area contributed by atoms with Crippen LogP contribution < -0.4 is 5.32 Å². The fourth-order valence-electron chi connectivity index (χ4n) is 3.64. The van der Waals surface area contributed by atoms with Crippen LogP contribution in [0.3, 0.4) is 0 Å². The molecule has 2 unspecified atom stereocenters. The van der Waals surface area contributed by atoms with Crippen LogP contribution in [0.5, 0.6) is 0 Å². The van der Waals surface area contributed by atoms with Crippen molar-refractivity contribution in [2.24, 2.45) is 11.8 Å². The number of ether oxygens (including phenoxy) is 1. The van der Waals surface area contributed by atoms with Crippen LogP contribution in [-0.4, -0.2) is 49.2 Å². The Morgan fingerprint density at radius 2 is 2.10 bits per heavy atom. The van der Waals surface area contributed by atoms with Gasteiger partial charge in [-0.2, -0.15) is 0 Å². The van der Waals surface area contributed by atoms with E-state index in [0.717, 1.165) is 38.4 Å². The molecule has 0 aromatic heterocycles. The van der Waals surface area contributed by atoms with Crippen molar-refractivity contribution in [3.63, 3.8) is 0 Å². The SMILES string of the molecule is COC(=O)C(CN1CCCC(C)C1)(NC(C)C)C1CC1. The number of nitrogens with one attached hydrogen (secondary N) is 1. The van der Waals surface area contributed by atoms with Crippen molar-refractivity contribution in [2.45, 2.75) is 58.0 Å². The molecule has 20 heavy (non-hydrogen) atoms. The molecule has 1 N–H and O–H groups in total. The standard InChI is InChI=1S/C16H30N2O2/c1-12(2)17-16(14-7-8-14,15(19)20-4)11-18-9-5-6-13(3)10-18/h12-14,17H,5-11H2,1-4H3. The van der Waals surface area contributed by atoms with E-state index in [2.05, 4.69) is 31.0 Å². The molecule has 2 aliphatic rings. The van der Waals surface area contributed by atoms with Crippen molar-refractivity contribution in [1.29, 1.82) is 0 Å². The Bertz CT molecular complexity index is 341. The van der Waals surface area contributed by atoms with E-state index < -0.39 is 5.54 Å². The summed E-state index contributed by atoms with van der Waals surface area (Å²) >= 11 is 0. The summed E-state index contributed by atoms with van der Waals surface area (Å²) in [6.45, 7) is 9.53. The van der Waals surface area contributed by atoms with E-state index in [1.807, 2.05) is 0 Å². The van der Waals surface area contributed by atoms with Gasteiger partial charge in [-0.1, -0.05) is 6.92 Å². The molecule has 0 spiro atoms. The molecule has 4 heteroatoms. The van der Waals surface area contributed by atoms with E-state index in [1.54, 1.807) is 0 Å². The molecule has 1 aliphatic carbocycles. The van der Waals surface area contributed by atoms with Gasteiger partial charge in [0.05, 0.1) is 7.11 Å². The van der Waals surface area contributed by atoms with Crippen molar-refractivity contribution < 1.29 is 9.53 Å². The number of rotatable bonds is 6. The molecule has 1 heterocycles. The summed E-state index contributed by atoms with van der Waals surface area (Å²) in [7, 11) is 1.51. The van der Waals surface area contributed by atoms with Crippen molar-refractivity contribution >= 4 is 5.97 Å². The lowest BCUT2D eigenvalue weighted by molar-refractivity contribution is -0.151. The average Bonchev–Trinajstić information content (AvgIpc) is 3.20. The molecule has 0 aromatic rings. The second-order valence-electron chi connectivity index (χ2n) is 7.02. The summed E-state index contributed by atoms with van der Waals surface area (Å²) in [6, 6.07) is 0.289. The first-order chi connectivity index (χ1) is 9.48. The zero-order valence-corrected chi connectivity index (χ0v) is 13.4. The highest BCUT2D eigenvalue weighted by atomic mass is 16.5. The Labute approximate surface area is 123 Å². The topological polar surface area (TPSA) is 41.6 Å². The van der Waals surface area contributed by atoms with Gasteiger partial charge in [-0.3, -0.25) is 5.32 Å². The molecular weight excluding hydrogens is 252 g/mol. The van der Waals surface area contributed by atoms with Crippen molar-refractivity contribution in [1.82, 2.24) is 10.2 Å². The number of esters is 1. The number of carbonyl (C=O) groups is 1. The number of methoxy groups -OCH3 is 1. The second-order valence-corrected chi connectivity index (χ2v) is 7.02. The van der Waals surface area contributed by atoms with Gasteiger partial charge >= 0.3 is 5.97 Å². The lowest BCUT2D eigenvalue weighted by atomic mass is 9.89. The van der Waals surface area contributed by atoms with Crippen molar-refractivity contribution in [3.05, 3.63) is 0 Å². The number of carbonyl (C=O) groups excluding carboxylic acids is 1. The van der Waals surface area contributed by atoms with E-state index in [0.29, 0.717) is 5.92 Å². The van der Waals surface area contributed by atoms with Gasteiger partial charge in [0.25, 0.3) is 0 Å². The molecule has 0 amide bonds. The summed E-state index contributed by atoms with van der Waals surface area (Å²) in [4.78, 5) is 15.0. The Balaban J connectivity index is 2.13. The lowest BCUT2D eigenvalue weighted by Crippen LogP contribution is -2.63. The molecule has 0 radical (unpaired) electrons.